The van der Waals surface area contributed by atoms with Crippen LogP contribution in [0, 0.1) is 5.41 Å². The standard InChI is InChI=1S/C6H6BrN3OS/c1-11-6-5(10-12)4(8)3(7)2-9-6/h2,8,12H,1H3/b8-4?,10-5+. The van der Waals surface area contributed by atoms with Crippen molar-refractivity contribution in [3.05, 3.63) is 10.7 Å². The summed E-state index contributed by atoms with van der Waals surface area (Å²) < 4.78 is 9.03. The highest BCUT2D eigenvalue weighted by atomic mass is 79.9. The third kappa shape index (κ3) is 1.59. The summed E-state index contributed by atoms with van der Waals surface area (Å²) in [6.45, 7) is 0. The topological polar surface area (TPSA) is 57.8 Å². The third-order valence-electron chi connectivity index (χ3n) is 1.27. The first-order valence-corrected chi connectivity index (χ1v) is 4.19. The number of nitrogens with zero attached hydrogens (tertiary/aromatic N) is 2. The van der Waals surface area contributed by atoms with E-state index in [9.17, 15) is 0 Å². The molecule has 0 atom stereocenters. The van der Waals surface area contributed by atoms with Crippen LogP contribution in [0.5, 0.6) is 0 Å². The Hall–Kier alpha value is -0.620. The molecule has 1 aliphatic rings. The van der Waals surface area contributed by atoms with Crippen LogP contribution in [0.2, 0.25) is 0 Å². The lowest BCUT2D eigenvalue weighted by Gasteiger charge is -2.11. The molecule has 0 aromatic heterocycles. The lowest BCUT2D eigenvalue weighted by molar-refractivity contribution is 0.411. The molecule has 0 radical (unpaired) electrons. The molecule has 12 heavy (non-hydrogen) atoms. The molecule has 0 aliphatic carbocycles. The van der Waals surface area contributed by atoms with E-state index in [1.54, 1.807) is 0 Å². The molecule has 1 N–H and O–H groups in total. The van der Waals surface area contributed by atoms with Gasteiger partial charge < -0.3 is 4.74 Å². The van der Waals surface area contributed by atoms with Crippen molar-refractivity contribution in [2.45, 2.75) is 0 Å². The fourth-order valence-corrected chi connectivity index (χ4v) is 1.18. The highest BCUT2D eigenvalue weighted by Gasteiger charge is 2.20. The minimum atomic E-state index is 0.219. The zero-order valence-electron chi connectivity index (χ0n) is 6.21. The minimum absolute atomic E-state index is 0.219. The number of methoxy groups -OCH3 is 1. The van der Waals surface area contributed by atoms with E-state index in [0.29, 0.717) is 16.1 Å². The van der Waals surface area contributed by atoms with Gasteiger partial charge in [-0.05, 0) is 28.7 Å². The van der Waals surface area contributed by atoms with Gasteiger partial charge in [-0.3, -0.25) is 5.41 Å². The summed E-state index contributed by atoms with van der Waals surface area (Å²) in [5.41, 5.74) is 0.548. The maximum absolute atomic E-state index is 7.53. The van der Waals surface area contributed by atoms with Crippen molar-refractivity contribution in [3.63, 3.8) is 0 Å². The first-order valence-electron chi connectivity index (χ1n) is 3.00. The second-order valence-corrected chi connectivity index (χ2v) is 2.99. The maximum atomic E-state index is 7.53. The number of ether oxygens (including phenoxy) is 1. The molecule has 1 aliphatic heterocycles. The molecule has 0 fully saturated rings. The van der Waals surface area contributed by atoms with Gasteiger partial charge in [0.25, 0.3) is 0 Å². The second-order valence-electron chi connectivity index (χ2n) is 1.94. The van der Waals surface area contributed by atoms with Crippen LogP contribution in [0.3, 0.4) is 0 Å². The number of hydrogen-bond acceptors (Lipinski definition) is 5. The van der Waals surface area contributed by atoms with Gasteiger partial charge >= 0.3 is 0 Å². The molecule has 0 unspecified atom stereocenters. The van der Waals surface area contributed by atoms with E-state index < -0.39 is 0 Å². The molecule has 0 saturated carbocycles. The van der Waals surface area contributed by atoms with Gasteiger partial charge in [0.2, 0.25) is 5.90 Å². The van der Waals surface area contributed by atoms with Gasteiger partial charge in [0.15, 0.2) is 5.71 Å². The lowest BCUT2D eigenvalue weighted by atomic mass is 10.2. The molecule has 64 valence electrons. The predicted octanol–water partition coefficient (Wildman–Crippen LogP) is 1.59. The molecule has 0 spiro atoms. The second kappa shape index (κ2) is 3.86. The van der Waals surface area contributed by atoms with Gasteiger partial charge in [-0.25, -0.2) is 9.39 Å². The normalized spacial score (nSPS) is 20.6. The Morgan fingerprint density at radius 3 is 2.92 bits per heavy atom. The number of halogens is 1. The van der Waals surface area contributed by atoms with Crippen molar-refractivity contribution < 1.29 is 4.74 Å². The van der Waals surface area contributed by atoms with Gasteiger partial charge in [-0.15, -0.1) is 0 Å². The van der Waals surface area contributed by atoms with Crippen LogP contribution in [0.4, 0.5) is 0 Å². The van der Waals surface area contributed by atoms with Gasteiger partial charge in [0.05, 0.1) is 11.6 Å². The molecule has 0 aromatic rings. The van der Waals surface area contributed by atoms with Crippen LogP contribution >= 0.6 is 28.7 Å². The lowest BCUT2D eigenvalue weighted by Crippen LogP contribution is -2.27. The molecule has 1 heterocycles. The molecule has 0 aromatic carbocycles. The number of allylic oxidation sites excluding steroid dienone is 1. The molecule has 0 saturated heterocycles. The van der Waals surface area contributed by atoms with Crippen molar-refractivity contribution >= 4 is 46.1 Å². The monoisotopic (exact) mass is 247 g/mol. The summed E-state index contributed by atoms with van der Waals surface area (Å²) in [5, 5.41) is 7.53. The Labute approximate surface area is 83.6 Å². The van der Waals surface area contributed by atoms with Crippen molar-refractivity contribution in [1.82, 2.24) is 0 Å². The first kappa shape index (κ1) is 9.47. The molecular weight excluding hydrogens is 242 g/mol. The number of nitrogens with one attached hydrogen (secondary N) is 1. The first-order chi connectivity index (χ1) is 5.70. The Morgan fingerprint density at radius 2 is 2.42 bits per heavy atom. The fraction of sp³-hybridized carbons (Fsp3) is 0.167. The highest BCUT2D eigenvalue weighted by Crippen LogP contribution is 2.14. The maximum Gasteiger partial charge on any atom is 0.242 e. The minimum Gasteiger partial charge on any atom is -0.479 e. The smallest absolute Gasteiger partial charge is 0.242 e. The zero-order valence-corrected chi connectivity index (χ0v) is 8.69. The fourth-order valence-electron chi connectivity index (χ4n) is 0.703. The van der Waals surface area contributed by atoms with E-state index >= 15 is 0 Å². The summed E-state index contributed by atoms with van der Waals surface area (Å²) in [6, 6.07) is 0. The van der Waals surface area contributed by atoms with Crippen molar-refractivity contribution in [1.29, 1.82) is 5.41 Å². The van der Waals surface area contributed by atoms with Gasteiger partial charge in [0, 0.05) is 6.20 Å². The van der Waals surface area contributed by atoms with Crippen LogP contribution in [0.1, 0.15) is 0 Å². The summed E-state index contributed by atoms with van der Waals surface area (Å²) in [7, 11) is 1.47. The summed E-state index contributed by atoms with van der Waals surface area (Å²) in [4.78, 5) is 3.90. The Bertz CT molecular complexity index is 308. The van der Waals surface area contributed by atoms with Crippen molar-refractivity contribution in [2.75, 3.05) is 7.11 Å². The number of aliphatic imine (C=N–C) groups is 1. The number of thiol groups is 1. The Balaban J connectivity index is 3.11. The van der Waals surface area contributed by atoms with Gasteiger partial charge in [0.1, 0.15) is 5.71 Å². The quantitative estimate of drug-likeness (QED) is 0.628. The molecule has 0 bridgehead atoms. The third-order valence-corrected chi connectivity index (χ3v) is 2.07. The predicted molar refractivity (Wildman–Crippen MR) is 55.6 cm³/mol. The Morgan fingerprint density at radius 1 is 1.75 bits per heavy atom. The highest BCUT2D eigenvalue weighted by molar-refractivity contribution is 9.12. The van der Waals surface area contributed by atoms with E-state index in [0.717, 1.165) is 0 Å². The van der Waals surface area contributed by atoms with E-state index in [1.807, 2.05) is 0 Å². The molecule has 0 amide bonds. The SMILES string of the molecule is COC1=NC=C(Br)C(=N)/C1=N\S. The molecular formula is C6H6BrN3OS. The molecule has 4 nitrogen and oxygen atoms in total. The van der Waals surface area contributed by atoms with Crippen LogP contribution < -0.4 is 0 Å². The van der Waals surface area contributed by atoms with Gasteiger partial charge in [-0.1, -0.05) is 0 Å². The van der Waals surface area contributed by atoms with E-state index in [-0.39, 0.29) is 5.71 Å². The van der Waals surface area contributed by atoms with E-state index in [4.69, 9.17) is 10.1 Å². The van der Waals surface area contributed by atoms with Crippen molar-refractivity contribution in [3.8, 4) is 0 Å². The largest absolute Gasteiger partial charge is 0.479 e. The van der Waals surface area contributed by atoms with Crippen LogP contribution in [0.25, 0.3) is 0 Å². The van der Waals surface area contributed by atoms with Crippen LogP contribution in [-0.2, 0) is 4.74 Å². The summed E-state index contributed by atoms with van der Waals surface area (Å²) in [6.07, 6.45) is 1.49. The summed E-state index contributed by atoms with van der Waals surface area (Å²) in [5.74, 6) is 0.304. The number of rotatable bonds is 0. The van der Waals surface area contributed by atoms with Crippen molar-refractivity contribution in [2.24, 2.45) is 9.39 Å². The van der Waals surface area contributed by atoms with E-state index in [2.05, 4.69) is 38.1 Å². The average molecular weight is 248 g/mol. The molecule has 6 heteroatoms. The number of hydrogen-bond donors (Lipinski definition) is 2. The summed E-state index contributed by atoms with van der Waals surface area (Å²) >= 11 is 6.87. The average Bonchev–Trinajstić information content (AvgIpc) is 2.09. The van der Waals surface area contributed by atoms with E-state index in [1.165, 1.54) is 13.3 Å². The zero-order chi connectivity index (χ0) is 9.14. The molecule has 1 rings (SSSR count). The van der Waals surface area contributed by atoms with Crippen LogP contribution in [0.15, 0.2) is 20.1 Å². The Kier molecular flexibility index (Phi) is 3.05. The van der Waals surface area contributed by atoms with Crippen LogP contribution in [-0.4, -0.2) is 24.4 Å². The van der Waals surface area contributed by atoms with Gasteiger partial charge in [-0.2, -0.15) is 0 Å².